The van der Waals surface area contributed by atoms with E-state index in [9.17, 15) is 4.79 Å². The van der Waals surface area contributed by atoms with Crippen LogP contribution in [0.25, 0.3) is 0 Å². The van der Waals surface area contributed by atoms with Crippen LogP contribution >= 0.6 is 27.5 Å². The summed E-state index contributed by atoms with van der Waals surface area (Å²) in [5.41, 5.74) is 3.01. The number of ketones is 1. The average Bonchev–Trinajstić information content (AvgIpc) is 2.18. The Morgan fingerprint density at radius 3 is 2.79 bits per heavy atom. The molecule has 0 aromatic heterocycles. The maximum Gasteiger partial charge on any atom is 0.164 e. The molecule has 76 valence electrons. The van der Waals surface area contributed by atoms with E-state index in [4.69, 9.17) is 11.6 Å². The molecule has 0 bridgehead atoms. The van der Waals surface area contributed by atoms with E-state index in [-0.39, 0.29) is 5.78 Å². The van der Waals surface area contributed by atoms with E-state index in [1.165, 1.54) is 0 Å². The lowest BCUT2D eigenvalue weighted by molar-refractivity contribution is 0.0988. The van der Waals surface area contributed by atoms with Gasteiger partial charge in [0, 0.05) is 23.2 Å². The largest absolute Gasteiger partial charge is 0.294 e. The third-order valence-electron chi connectivity index (χ3n) is 2.21. The smallest absolute Gasteiger partial charge is 0.164 e. The second-order valence-corrected chi connectivity index (χ2v) is 4.02. The summed E-state index contributed by atoms with van der Waals surface area (Å²) in [7, 11) is 0. The Bertz CT molecular complexity index is 336. The van der Waals surface area contributed by atoms with Gasteiger partial charge in [-0.1, -0.05) is 34.1 Å². The minimum absolute atomic E-state index is 0.125. The molecule has 0 aliphatic rings. The van der Waals surface area contributed by atoms with E-state index >= 15 is 0 Å². The maximum absolute atomic E-state index is 11.6. The van der Waals surface area contributed by atoms with Crippen molar-refractivity contribution in [2.24, 2.45) is 0 Å². The minimum Gasteiger partial charge on any atom is -0.294 e. The summed E-state index contributed by atoms with van der Waals surface area (Å²) in [4.78, 5) is 11.6. The SMILES string of the molecule is Cc1c(CBr)cccc1C(=O)CCCl. The Hall–Kier alpha value is -0.340. The Morgan fingerprint density at radius 1 is 1.50 bits per heavy atom. The number of benzene rings is 1. The van der Waals surface area contributed by atoms with Crippen molar-refractivity contribution in [2.45, 2.75) is 18.7 Å². The number of hydrogen-bond donors (Lipinski definition) is 0. The molecule has 0 spiro atoms. The lowest BCUT2D eigenvalue weighted by atomic mass is 9.99. The summed E-state index contributed by atoms with van der Waals surface area (Å²) >= 11 is 8.94. The Kier molecular flexibility index (Phi) is 4.63. The molecule has 0 radical (unpaired) electrons. The predicted molar refractivity (Wildman–Crippen MR) is 63.5 cm³/mol. The van der Waals surface area contributed by atoms with E-state index in [1.807, 2.05) is 25.1 Å². The molecule has 1 nitrogen and oxygen atoms in total. The molecule has 0 aliphatic carbocycles. The van der Waals surface area contributed by atoms with Crippen molar-refractivity contribution in [2.75, 3.05) is 5.88 Å². The third kappa shape index (κ3) is 2.58. The van der Waals surface area contributed by atoms with Gasteiger partial charge in [-0.25, -0.2) is 0 Å². The molecule has 0 aliphatic heterocycles. The summed E-state index contributed by atoms with van der Waals surface area (Å²) in [6.07, 6.45) is 0.411. The second-order valence-electron chi connectivity index (χ2n) is 3.09. The van der Waals surface area contributed by atoms with Crippen LogP contribution in [0.1, 0.15) is 27.9 Å². The lowest BCUT2D eigenvalue weighted by Crippen LogP contribution is -2.03. The zero-order valence-electron chi connectivity index (χ0n) is 8.02. The number of Topliss-reactive ketones (excluding diaryl/α,β-unsaturated/α-hetero) is 1. The number of alkyl halides is 2. The molecule has 0 saturated carbocycles. The number of halogens is 2. The minimum atomic E-state index is 0.125. The van der Waals surface area contributed by atoms with E-state index in [0.29, 0.717) is 12.3 Å². The normalized spacial score (nSPS) is 10.2. The van der Waals surface area contributed by atoms with Crippen molar-refractivity contribution in [3.8, 4) is 0 Å². The van der Waals surface area contributed by atoms with Crippen LogP contribution in [0.3, 0.4) is 0 Å². The van der Waals surface area contributed by atoms with Gasteiger partial charge in [0.15, 0.2) is 5.78 Å². The first-order chi connectivity index (χ1) is 6.70. The van der Waals surface area contributed by atoms with E-state index < -0.39 is 0 Å². The number of carbonyl (C=O) groups excluding carboxylic acids is 1. The topological polar surface area (TPSA) is 17.1 Å². The van der Waals surface area contributed by atoms with Gasteiger partial charge in [-0.05, 0) is 18.1 Å². The van der Waals surface area contributed by atoms with Crippen LogP contribution < -0.4 is 0 Å². The predicted octanol–water partition coefficient (Wildman–Crippen LogP) is 3.70. The molecule has 0 N–H and O–H groups in total. The van der Waals surface area contributed by atoms with E-state index in [2.05, 4.69) is 15.9 Å². The highest BCUT2D eigenvalue weighted by Crippen LogP contribution is 2.18. The van der Waals surface area contributed by atoms with E-state index in [1.54, 1.807) is 0 Å². The van der Waals surface area contributed by atoms with Crippen LogP contribution in [0.2, 0.25) is 0 Å². The highest BCUT2D eigenvalue weighted by atomic mass is 79.9. The Morgan fingerprint density at radius 2 is 2.21 bits per heavy atom. The van der Waals surface area contributed by atoms with Gasteiger partial charge in [0.1, 0.15) is 0 Å². The van der Waals surface area contributed by atoms with Gasteiger partial charge in [-0.2, -0.15) is 0 Å². The van der Waals surface area contributed by atoms with Gasteiger partial charge >= 0.3 is 0 Å². The van der Waals surface area contributed by atoms with Crippen LogP contribution in [0, 0.1) is 6.92 Å². The summed E-state index contributed by atoms with van der Waals surface area (Å²) in [5.74, 6) is 0.511. The molecule has 1 aromatic rings. The summed E-state index contributed by atoms with van der Waals surface area (Å²) in [5, 5.41) is 0.779. The van der Waals surface area contributed by atoms with Crippen molar-refractivity contribution >= 4 is 33.3 Å². The fourth-order valence-corrected chi connectivity index (χ4v) is 2.13. The summed E-state index contributed by atoms with van der Waals surface area (Å²) in [6.45, 7) is 1.97. The molecule has 0 heterocycles. The van der Waals surface area contributed by atoms with Crippen LogP contribution in [0.15, 0.2) is 18.2 Å². The zero-order chi connectivity index (χ0) is 10.6. The molecule has 1 aromatic carbocycles. The summed E-state index contributed by atoms with van der Waals surface area (Å²) < 4.78 is 0. The zero-order valence-corrected chi connectivity index (χ0v) is 10.4. The molecule has 1 rings (SSSR count). The second kappa shape index (κ2) is 5.52. The average molecular weight is 276 g/mol. The van der Waals surface area contributed by atoms with Crippen molar-refractivity contribution in [3.05, 3.63) is 34.9 Å². The molecule has 0 atom stereocenters. The number of carbonyl (C=O) groups is 1. The Labute approximate surface area is 97.6 Å². The van der Waals surface area contributed by atoms with Crippen LogP contribution in [-0.4, -0.2) is 11.7 Å². The maximum atomic E-state index is 11.6. The van der Waals surface area contributed by atoms with Gasteiger partial charge in [-0.15, -0.1) is 11.6 Å². The Balaban J connectivity index is 3.03. The van der Waals surface area contributed by atoms with Crippen molar-refractivity contribution in [1.29, 1.82) is 0 Å². The van der Waals surface area contributed by atoms with Crippen LogP contribution in [0.5, 0.6) is 0 Å². The molecule has 14 heavy (non-hydrogen) atoms. The lowest BCUT2D eigenvalue weighted by Gasteiger charge is -2.07. The third-order valence-corrected chi connectivity index (χ3v) is 3.00. The fourth-order valence-electron chi connectivity index (χ4n) is 1.35. The van der Waals surface area contributed by atoms with Crippen molar-refractivity contribution < 1.29 is 4.79 Å². The van der Waals surface area contributed by atoms with Crippen LogP contribution in [0.4, 0.5) is 0 Å². The molecule has 0 amide bonds. The quantitative estimate of drug-likeness (QED) is 0.605. The van der Waals surface area contributed by atoms with E-state index in [0.717, 1.165) is 22.0 Å². The van der Waals surface area contributed by atoms with Crippen LogP contribution in [-0.2, 0) is 5.33 Å². The van der Waals surface area contributed by atoms with Gasteiger partial charge in [0.2, 0.25) is 0 Å². The fraction of sp³-hybridized carbons (Fsp3) is 0.364. The highest BCUT2D eigenvalue weighted by molar-refractivity contribution is 9.08. The number of rotatable bonds is 4. The molecule has 0 unspecified atom stereocenters. The molecule has 0 saturated heterocycles. The molecule has 3 heteroatoms. The first kappa shape index (κ1) is 11.7. The standard InChI is InChI=1S/C11H12BrClO/c1-8-9(7-12)3-2-4-10(8)11(14)5-6-13/h2-4H,5-7H2,1H3. The van der Waals surface area contributed by atoms with Crippen molar-refractivity contribution in [1.82, 2.24) is 0 Å². The highest BCUT2D eigenvalue weighted by Gasteiger charge is 2.09. The summed E-state index contributed by atoms with van der Waals surface area (Å²) in [6, 6.07) is 5.78. The van der Waals surface area contributed by atoms with Gasteiger partial charge in [-0.3, -0.25) is 4.79 Å². The number of hydrogen-bond acceptors (Lipinski definition) is 1. The molecular weight excluding hydrogens is 263 g/mol. The van der Waals surface area contributed by atoms with Gasteiger partial charge < -0.3 is 0 Å². The molecule has 0 fully saturated rings. The first-order valence-electron chi connectivity index (χ1n) is 4.44. The molecular formula is C11H12BrClO. The first-order valence-corrected chi connectivity index (χ1v) is 6.10. The van der Waals surface area contributed by atoms with Gasteiger partial charge in [0.25, 0.3) is 0 Å². The van der Waals surface area contributed by atoms with Gasteiger partial charge in [0.05, 0.1) is 0 Å². The monoisotopic (exact) mass is 274 g/mol. The van der Waals surface area contributed by atoms with Crippen molar-refractivity contribution in [3.63, 3.8) is 0 Å².